The summed E-state index contributed by atoms with van der Waals surface area (Å²) >= 11 is 0. The van der Waals surface area contributed by atoms with E-state index >= 15 is 0 Å². The van der Waals surface area contributed by atoms with E-state index in [1.807, 2.05) is 31.2 Å². The quantitative estimate of drug-likeness (QED) is 0.768. The Kier molecular flexibility index (Phi) is 4.65. The fourth-order valence-electron chi connectivity index (χ4n) is 3.01. The number of morpholine rings is 1. The molecule has 0 radical (unpaired) electrons. The molecule has 7 nitrogen and oxygen atoms in total. The van der Waals surface area contributed by atoms with Gasteiger partial charge in [-0.3, -0.25) is 4.79 Å². The molecule has 0 bridgehead atoms. The maximum absolute atomic E-state index is 12.3. The van der Waals surface area contributed by atoms with Crippen molar-refractivity contribution in [3.8, 4) is 0 Å². The summed E-state index contributed by atoms with van der Waals surface area (Å²) in [4.78, 5) is 13.9. The van der Waals surface area contributed by atoms with Gasteiger partial charge in [-0.05, 0) is 19.1 Å². The molecule has 1 aromatic rings. The zero-order valence-corrected chi connectivity index (χ0v) is 14.7. The molecule has 1 spiro atoms. The first-order valence-electron chi connectivity index (χ1n) is 7.83. The van der Waals surface area contributed by atoms with E-state index in [2.05, 4.69) is 0 Å². The Morgan fingerprint density at radius 3 is 2.54 bits per heavy atom. The SMILES string of the molecule is Cc1ccc(N2C[C@@]3(COCCN(S(C)(=O)=O)C3)OCC2=O)cc1. The van der Waals surface area contributed by atoms with Crippen LogP contribution in [-0.4, -0.2) is 69.9 Å². The number of carbonyl (C=O) groups excluding carboxylic acids is 1. The summed E-state index contributed by atoms with van der Waals surface area (Å²) in [5.41, 5.74) is 1.04. The first-order valence-corrected chi connectivity index (χ1v) is 9.68. The average Bonchev–Trinajstić information content (AvgIpc) is 2.74. The molecule has 24 heavy (non-hydrogen) atoms. The van der Waals surface area contributed by atoms with E-state index in [1.54, 1.807) is 4.90 Å². The molecule has 2 heterocycles. The normalized spacial score (nSPS) is 26.6. The number of benzene rings is 1. The highest BCUT2D eigenvalue weighted by atomic mass is 32.2. The summed E-state index contributed by atoms with van der Waals surface area (Å²) in [5.74, 6) is -0.139. The van der Waals surface area contributed by atoms with Crippen molar-refractivity contribution in [2.75, 3.05) is 50.6 Å². The topological polar surface area (TPSA) is 76.2 Å². The molecule has 132 valence electrons. The highest BCUT2D eigenvalue weighted by Crippen LogP contribution is 2.28. The molecule has 2 fully saturated rings. The molecule has 0 saturated carbocycles. The van der Waals surface area contributed by atoms with Crippen LogP contribution in [0.1, 0.15) is 5.56 Å². The maximum Gasteiger partial charge on any atom is 0.253 e. The molecule has 2 aliphatic rings. The van der Waals surface area contributed by atoms with Crippen LogP contribution in [0.4, 0.5) is 5.69 Å². The zero-order chi connectivity index (χ0) is 17.4. The fourth-order valence-corrected chi connectivity index (χ4v) is 3.89. The van der Waals surface area contributed by atoms with E-state index in [0.29, 0.717) is 13.2 Å². The number of hydrogen-bond donors (Lipinski definition) is 0. The summed E-state index contributed by atoms with van der Waals surface area (Å²) in [6.45, 7) is 3.21. The third-order valence-corrected chi connectivity index (χ3v) is 5.63. The molecule has 0 aliphatic carbocycles. The Balaban J connectivity index is 1.87. The van der Waals surface area contributed by atoms with Crippen LogP contribution in [0.5, 0.6) is 0 Å². The van der Waals surface area contributed by atoms with Crippen LogP contribution in [0.15, 0.2) is 24.3 Å². The van der Waals surface area contributed by atoms with Gasteiger partial charge in [0, 0.05) is 18.8 Å². The predicted octanol–water partition coefficient (Wildman–Crippen LogP) is 0.389. The number of nitrogens with zero attached hydrogens (tertiary/aromatic N) is 2. The minimum Gasteiger partial charge on any atom is -0.377 e. The standard InChI is InChI=1S/C16H22N2O5S/c1-13-3-5-14(6-4-13)18-11-16(23-9-15(18)19)10-17(24(2,20)21)7-8-22-12-16/h3-6H,7-12H2,1-2H3/t16-/m0/s1. The number of sulfonamides is 1. The van der Waals surface area contributed by atoms with Crippen molar-refractivity contribution in [1.82, 2.24) is 4.31 Å². The summed E-state index contributed by atoms with van der Waals surface area (Å²) in [6.07, 6.45) is 1.18. The lowest BCUT2D eigenvalue weighted by Gasteiger charge is -2.42. The molecule has 1 atom stereocenters. The van der Waals surface area contributed by atoms with Gasteiger partial charge < -0.3 is 14.4 Å². The molecule has 0 unspecified atom stereocenters. The fraction of sp³-hybridized carbons (Fsp3) is 0.562. The number of hydrogen-bond acceptors (Lipinski definition) is 5. The summed E-state index contributed by atoms with van der Waals surface area (Å²) in [5, 5.41) is 0. The van der Waals surface area contributed by atoms with Crippen molar-refractivity contribution in [1.29, 1.82) is 0 Å². The second-order valence-electron chi connectivity index (χ2n) is 6.44. The molecule has 1 amide bonds. The van der Waals surface area contributed by atoms with Gasteiger partial charge in [-0.25, -0.2) is 8.42 Å². The molecule has 8 heteroatoms. The Morgan fingerprint density at radius 2 is 1.88 bits per heavy atom. The van der Waals surface area contributed by atoms with E-state index in [4.69, 9.17) is 9.47 Å². The van der Waals surface area contributed by atoms with Gasteiger partial charge in [-0.1, -0.05) is 17.7 Å². The van der Waals surface area contributed by atoms with Crippen LogP contribution in [0.3, 0.4) is 0 Å². The molecular weight excluding hydrogens is 332 g/mol. The second kappa shape index (κ2) is 6.44. The van der Waals surface area contributed by atoms with Crippen LogP contribution in [0.2, 0.25) is 0 Å². The van der Waals surface area contributed by atoms with Crippen LogP contribution in [0.25, 0.3) is 0 Å². The van der Waals surface area contributed by atoms with Crippen LogP contribution in [-0.2, 0) is 24.3 Å². The lowest BCUT2D eigenvalue weighted by Crippen LogP contribution is -2.61. The summed E-state index contributed by atoms with van der Waals surface area (Å²) in [6, 6.07) is 7.66. The van der Waals surface area contributed by atoms with Crippen molar-refractivity contribution in [3.05, 3.63) is 29.8 Å². The van der Waals surface area contributed by atoms with E-state index in [1.165, 1.54) is 10.6 Å². The number of anilines is 1. The van der Waals surface area contributed by atoms with Gasteiger partial charge in [0.2, 0.25) is 10.0 Å². The first-order chi connectivity index (χ1) is 11.3. The minimum absolute atomic E-state index is 0.0885. The third kappa shape index (κ3) is 3.61. The highest BCUT2D eigenvalue weighted by Gasteiger charge is 2.44. The Bertz CT molecular complexity index is 718. The van der Waals surface area contributed by atoms with Crippen molar-refractivity contribution in [3.63, 3.8) is 0 Å². The van der Waals surface area contributed by atoms with Crippen molar-refractivity contribution >= 4 is 21.6 Å². The van der Waals surface area contributed by atoms with Gasteiger partial charge in [0.05, 0.1) is 26.0 Å². The zero-order valence-electron chi connectivity index (χ0n) is 13.9. The number of aryl methyl sites for hydroxylation is 1. The first kappa shape index (κ1) is 17.3. The summed E-state index contributed by atoms with van der Waals surface area (Å²) in [7, 11) is -3.36. The molecule has 2 aliphatic heterocycles. The van der Waals surface area contributed by atoms with Crippen LogP contribution >= 0.6 is 0 Å². The van der Waals surface area contributed by atoms with E-state index in [9.17, 15) is 13.2 Å². The Morgan fingerprint density at radius 1 is 1.17 bits per heavy atom. The molecule has 0 N–H and O–H groups in total. The van der Waals surface area contributed by atoms with E-state index < -0.39 is 15.6 Å². The van der Waals surface area contributed by atoms with E-state index in [-0.39, 0.29) is 32.2 Å². The predicted molar refractivity (Wildman–Crippen MR) is 89.5 cm³/mol. The smallest absolute Gasteiger partial charge is 0.253 e. The Labute approximate surface area is 142 Å². The van der Waals surface area contributed by atoms with Crippen LogP contribution < -0.4 is 4.90 Å². The van der Waals surface area contributed by atoms with Gasteiger partial charge in [0.15, 0.2) is 0 Å². The molecule has 3 rings (SSSR count). The number of ether oxygens (including phenoxy) is 2. The number of carbonyl (C=O) groups is 1. The van der Waals surface area contributed by atoms with Gasteiger partial charge in [-0.2, -0.15) is 4.31 Å². The lowest BCUT2D eigenvalue weighted by atomic mass is 10.0. The third-order valence-electron chi connectivity index (χ3n) is 4.38. The molecule has 2 saturated heterocycles. The van der Waals surface area contributed by atoms with E-state index in [0.717, 1.165) is 11.3 Å². The van der Waals surface area contributed by atoms with Crippen molar-refractivity contribution in [2.45, 2.75) is 12.5 Å². The Hall–Kier alpha value is -1.48. The monoisotopic (exact) mass is 354 g/mol. The highest BCUT2D eigenvalue weighted by molar-refractivity contribution is 7.88. The molecular formula is C16H22N2O5S. The maximum atomic E-state index is 12.3. The van der Waals surface area contributed by atoms with Gasteiger partial charge in [0.1, 0.15) is 12.2 Å². The number of rotatable bonds is 2. The molecule has 1 aromatic carbocycles. The van der Waals surface area contributed by atoms with Gasteiger partial charge in [-0.15, -0.1) is 0 Å². The largest absolute Gasteiger partial charge is 0.377 e. The number of amides is 1. The van der Waals surface area contributed by atoms with Gasteiger partial charge >= 0.3 is 0 Å². The molecule has 0 aromatic heterocycles. The summed E-state index contributed by atoms with van der Waals surface area (Å²) < 4.78 is 36.6. The minimum atomic E-state index is -3.36. The van der Waals surface area contributed by atoms with Gasteiger partial charge in [0.25, 0.3) is 5.91 Å². The second-order valence-corrected chi connectivity index (χ2v) is 8.42. The van der Waals surface area contributed by atoms with Crippen molar-refractivity contribution < 1.29 is 22.7 Å². The lowest BCUT2D eigenvalue weighted by molar-refractivity contribution is -0.145. The van der Waals surface area contributed by atoms with Crippen molar-refractivity contribution in [2.24, 2.45) is 0 Å². The average molecular weight is 354 g/mol. The van der Waals surface area contributed by atoms with Crippen LogP contribution in [0, 0.1) is 6.92 Å².